The molecule has 1 atom stereocenters. The van der Waals surface area contributed by atoms with Crippen molar-refractivity contribution in [2.75, 3.05) is 13.7 Å². The molecule has 0 radical (unpaired) electrons. The monoisotopic (exact) mass is 516 g/mol. The quantitative estimate of drug-likeness (QED) is 0.422. The molecule has 2 amide bonds. The molecule has 33 heavy (non-hydrogen) atoms. The first-order chi connectivity index (χ1) is 16.0. The van der Waals surface area contributed by atoms with Crippen LogP contribution < -0.4 is 14.8 Å². The molecule has 7 heteroatoms. The molecule has 0 unspecified atom stereocenters. The first-order valence-corrected chi connectivity index (χ1v) is 12.4. The number of nitrogens with one attached hydrogen (secondary N) is 1. The molecule has 0 bridgehead atoms. The summed E-state index contributed by atoms with van der Waals surface area (Å²) < 4.78 is 11.9. The topological polar surface area (TPSA) is 67.9 Å². The highest BCUT2D eigenvalue weighted by atomic mass is 79.9. The molecule has 2 aromatic rings. The first kappa shape index (κ1) is 25.1. The largest absolute Gasteiger partial charge is 0.497 e. The molecule has 178 valence electrons. The second kappa shape index (κ2) is 12.6. The minimum Gasteiger partial charge on any atom is -0.497 e. The highest BCUT2D eigenvalue weighted by molar-refractivity contribution is 9.10. The van der Waals surface area contributed by atoms with E-state index in [2.05, 4.69) is 21.2 Å². The summed E-state index contributed by atoms with van der Waals surface area (Å²) in [4.78, 5) is 27.8. The summed E-state index contributed by atoms with van der Waals surface area (Å²) >= 11 is 3.49. The molecule has 1 saturated carbocycles. The summed E-state index contributed by atoms with van der Waals surface area (Å²) in [7, 11) is 1.62. The highest BCUT2D eigenvalue weighted by Gasteiger charge is 2.28. The Morgan fingerprint density at radius 1 is 1.12 bits per heavy atom. The zero-order valence-corrected chi connectivity index (χ0v) is 21.0. The minimum absolute atomic E-state index is 0.0534. The Labute approximate surface area is 204 Å². The molecule has 0 heterocycles. The number of hydrogen-bond acceptors (Lipinski definition) is 4. The Morgan fingerprint density at radius 2 is 1.82 bits per heavy atom. The van der Waals surface area contributed by atoms with Crippen molar-refractivity contribution < 1.29 is 19.1 Å². The van der Waals surface area contributed by atoms with Gasteiger partial charge in [0.05, 0.1) is 13.7 Å². The molecule has 1 N–H and O–H groups in total. The third kappa shape index (κ3) is 7.77. The Bertz CT molecular complexity index is 913. The van der Waals surface area contributed by atoms with Crippen LogP contribution in [0.1, 0.15) is 51.0 Å². The van der Waals surface area contributed by atoms with Gasteiger partial charge in [-0.25, -0.2) is 0 Å². The maximum Gasteiger partial charge on any atom is 0.242 e. The number of methoxy groups -OCH3 is 1. The van der Waals surface area contributed by atoms with Crippen molar-refractivity contribution >= 4 is 27.7 Å². The van der Waals surface area contributed by atoms with E-state index in [1.807, 2.05) is 55.5 Å². The van der Waals surface area contributed by atoms with Crippen LogP contribution in [0.4, 0.5) is 0 Å². The smallest absolute Gasteiger partial charge is 0.242 e. The summed E-state index contributed by atoms with van der Waals surface area (Å²) in [5, 5.41) is 3.13. The van der Waals surface area contributed by atoms with Crippen LogP contribution in [0.5, 0.6) is 11.5 Å². The summed E-state index contributed by atoms with van der Waals surface area (Å²) in [5.74, 6) is 1.37. The van der Waals surface area contributed by atoms with Crippen molar-refractivity contribution in [1.29, 1.82) is 0 Å². The van der Waals surface area contributed by atoms with E-state index in [1.54, 1.807) is 12.0 Å². The second-order valence-corrected chi connectivity index (χ2v) is 9.36. The Balaban J connectivity index is 1.58. The summed E-state index contributed by atoms with van der Waals surface area (Å²) in [6.07, 6.45) is 5.20. The lowest BCUT2D eigenvalue weighted by atomic mass is 10.1. The van der Waals surface area contributed by atoms with E-state index < -0.39 is 6.04 Å². The van der Waals surface area contributed by atoms with E-state index in [-0.39, 0.29) is 17.9 Å². The lowest BCUT2D eigenvalue weighted by Gasteiger charge is -2.30. The fraction of sp³-hybridized carbons (Fsp3) is 0.462. The van der Waals surface area contributed by atoms with Crippen LogP contribution in [-0.2, 0) is 16.1 Å². The van der Waals surface area contributed by atoms with Gasteiger partial charge in [0.2, 0.25) is 11.8 Å². The molecule has 0 saturated heterocycles. The van der Waals surface area contributed by atoms with Gasteiger partial charge in [-0.15, -0.1) is 0 Å². The SMILES string of the molecule is COc1ccc(OCCCC(=O)N(Cc2cccc(Br)c2)[C@@H](C)C(=O)NC2CCCC2)cc1. The minimum atomic E-state index is -0.542. The van der Waals surface area contributed by atoms with E-state index in [9.17, 15) is 9.59 Å². The van der Waals surface area contributed by atoms with Crippen molar-refractivity contribution in [3.05, 3.63) is 58.6 Å². The first-order valence-electron chi connectivity index (χ1n) is 11.6. The predicted octanol–water partition coefficient (Wildman–Crippen LogP) is 5.09. The molecule has 0 spiro atoms. The molecule has 1 aliphatic carbocycles. The van der Waals surface area contributed by atoms with Crippen LogP contribution in [0.25, 0.3) is 0 Å². The number of benzene rings is 2. The van der Waals surface area contributed by atoms with Crippen LogP contribution in [0, 0.1) is 0 Å². The van der Waals surface area contributed by atoms with Gasteiger partial charge in [-0.3, -0.25) is 9.59 Å². The number of amides is 2. The molecule has 3 rings (SSSR count). The molecule has 0 aliphatic heterocycles. The Morgan fingerprint density at radius 3 is 2.48 bits per heavy atom. The average Bonchev–Trinajstić information content (AvgIpc) is 3.33. The van der Waals surface area contributed by atoms with Gasteiger partial charge in [-0.2, -0.15) is 0 Å². The maximum absolute atomic E-state index is 13.2. The lowest BCUT2D eigenvalue weighted by Crippen LogP contribution is -2.49. The fourth-order valence-electron chi connectivity index (χ4n) is 4.04. The van der Waals surface area contributed by atoms with Gasteiger partial charge >= 0.3 is 0 Å². The standard InChI is InChI=1S/C26H33BrN2O4/c1-19(26(31)28-22-9-3-4-10-22)29(18-20-7-5-8-21(27)17-20)25(30)11-6-16-33-24-14-12-23(32-2)13-15-24/h5,7-8,12-15,17,19,22H,3-4,6,9-11,16,18H2,1-2H3,(H,28,31)/t19-/m0/s1. The van der Waals surface area contributed by atoms with E-state index in [0.717, 1.165) is 47.2 Å². The lowest BCUT2D eigenvalue weighted by molar-refractivity contribution is -0.141. The van der Waals surface area contributed by atoms with Crippen LogP contribution in [-0.4, -0.2) is 42.5 Å². The van der Waals surface area contributed by atoms with Gasteiger partial charge in [0.25, 0.3) is 0 Å². The second-order valence-electron chi connectivity index (χ2n) is 8.45. The van der Waals surface area contributed by atoms with E-state index in [4.69, 9.17) is 9.47 Å². The fourth-order valence-corrected chi connectivity index (χ4v) is 4.48. The molecule has 2 aromatic carbocycles. The predicted molar refractivity (Wildman–Crippen MR) is 132 cm³/mol. The van der Waals surface area contributed by atoms with E-state index in [0.29, 0.717) is 26.0 Å². The van der Waals surface area contributed by atoms with Gasteiger partial charge in [-0.05, 0) is 68.1 Å². The summed E-state index contributed by atoms with van der Waals surface area (Å²) in [6, 6.07) is 14.9. The van der Waals surface area contributed by atoms with Gasteiger partial charge in [0.15, 0.2) is 0 Å². The normalized spacial score (nSPS) is 14.5. The number of ether oxygens (including phenoxy) is 2. The average molecular weight is 517 g/mol. The van der Waals surface area contributed by atoms with Crippen LogP contribution >= 0.6 is 15.9 Å². The zero-order chi connectivity index (χ0) is 23.6. The summed E-state index contributed by atoms with van der Waals surface area (Å²) in [6.45, 7) is 2.62. The number of carbonyl (C=O) groups is 2. The molecule has 0 aromatic heterocycles. The molecule has 1 fully saturated rings. The van der Waals surface area contributed by atoms with Gasteiger partial charge in [0, 0.05) is 23.5 Å². The van der Waals surface area contributed by atoms with Crippen LogP contribution in [0.2, 0.25) is 0 Å². The number of rotatable bonds is 11. The zero-order valence-electron chi connectivity index (χ0n) is 19.4. The maximum atomic E-state index is 13.2. The number of halogens is 1. The molecular formula is C26H33BrN2O4. The molecular weight excluding hydrogens is 484 g/mol. The van der Waals surface area contributed by atoms with Gasteiger partial charge in [0.1, 0.15) is 17.5 Å². The van der Waals surface area contributed by atoms with E-state index >= 15 is 0 Å². The van der Waals surface area contributed by atoms with Crippen LogP contribution in [0.3, 0.4) is 0 Å². The Kier molecular flexibility index (Phi) is 9.61. The van der Waals surface area contributed by atoms with Gasteiger partial charge < -0.3 is 19.7 Å². The number of hydrogen-bond donors (Lipinski definition) is 1. The molecule has 6 nitrogen and oxygen atoms in total. The summed E-state index contributed by atoms with van der Waals surface area (Å²) in [5.41, 5.74) is 0.979. The highest BCUT2D eigenvalue weighted by Crippen LogP contribution is 2.20. The van der Waals surface area contributed by atoms with Crippen molar-refractivity contribution in [2.24, 2.45) is 0 Å². The van der Waals surface area contributed by atoms with Crippen molar-refractivity contribution in [1.82, 2.24) is 10.2 Å². The van der Waals surface area contributed by atoms with Crippen LogP contribution in [0.15, 0.2) is 53.0 Å². The Hall–Kier alpha value is -2.54. The van der Waals surface area contributed by atoms with E-state index in [1.165, 1.54) is 0 Å². The third-order valence-electron chi connectivity index (χ3n) is 5.97. The van der Waals surface area contributed by atoms with Crippen molar-refractivity contribution in [3.8, 4) is 11.5 Å². The van der Waals surface area contributed by atoms with Crippen molar-refractivity contribution in [3.63, 3.8) is 0 Å². The molecule has 1 aliphatic rings. The third-order valence-corrected chi connectivity index (χ3v) is 6.47. The number of nitrogens with zero attached hydrogens (tertiary/aromatic N) is 1. The van der Waals surface area contributed by atoms with Crippen molar-refractivity contribution in [2.45, 2.75) is 64.1 Å². The van der Waals surface area contributed by atoms with Gasteiger partial charge in [-0.1, -0.05) is 40.9 Å². The number of carbonyl (C=O) groups excluding carboxylic acids is 2.